The van der Waals surface area contributed by atoms with E-state index < -0.39 is 0 Å². The average Bonchev–Trinajstić information content (AvgIpc) is 2.94. The van der Waals surface area contributed by atoms with Gasteiger partial charge < -0.3 is 15.3 Å². The predicted molar refractivity (Wildman–Crippen MR) is 87.7 cm³/mol. The van der Waals surface area contributed by atoms with Crippen LogP contribution in [-0.4, -0.2) is 34.2 Å². The van der Waals surface area contributed by atoms with Crippen LogP contribution in [0.3, 0.4) is 0 Å². The number of rotatable bonds is 6. The molecule has 6 heteroatoms. The minimum atomic E-state index is -0.198. The monoisotopic (exact) mass is 319 g/mol. The summed E-state index contributed by atoms with van der Waals surface area (Å²) in [5, 5.41) is 15.1. The molecule has 0 saturated carbocycles. The van der Waals surface area contributed by atoms with E-state index in [4.69, 9.17) is 0 Å². The molecule has 5 nitrogen and oxygen atoms in total. The molecule has 1 aromatic carbocycles. The number of aromatic nitrogens is 1. The minimum Gasteiger partial charge on any atom is -0.395 e. The van der Waals surface area contributed by atoms with Crippen LogP contribution < -0.4 is 5.32 Å². The SMILES string of the molecule is Cc1nc([C@H](C)NC(=O)N(CCO)Cc2ccccc2)cs1. The first-order valence-corrected chi connectivity index (χ1v) is 8.10. The van der Waals surface area contributed by atoms with Crippen molar-refractivity contribution in [2.45, 2.75) is 26.4 Å². The zero-order chi connectivity index (χ0) is 15.9. The third kappa shape index (κ3) is 4.54. The molecule has 0 saturated heterocycles. The van der Waals surface area contributed by atoms with Crippen molar-refractivity contribution < 1.29 is 9.90 Å². The van der Waals surface area contributed by atoms with Crippen molar-refractivity contribution in [3.8, 4) is 0 Å². The van der Waals surface area contributed by atoms with Gasteiger partial charge in [0.15, 0.2) is 0 Å². The Balaban J connectivity index is 2.00. The van der Waals surface area contributed by atoms with E-state index in [1.807, 2.05) is 49.6 Å². The molecule has 0 radical (unpaired) electrons. The number of urea groups is 1. The van der Waals surface area contributed by atoms with Gasteiger partial charge in [-0.05, 0) is 19.4 Å². The van der Waals surface area contributed by atoms with Gasteiger partial charge in [-0.3, -0.25) is 0 Å². The molecule has 0 spiro atoms. The molecule has 2 amide bonds. The molecule has 0 aliphatic rings. The second-order valence-electron chi connectivity index (χ2n) is 5.09. The third-order valence-corrected chi connectivity index (χ3v) is 4.09. The third-order valence-electron chi connectivity index (χ3n) is 3.29. The number of amides is 2. The number of aliphatic hydroxyl groups excluding tert-OH is 1. The zero-order valence-corrected chi connectivity index (χ0v) is 13.6. The lowest BCUT2D eigenvalue weighted by Crippen LogP contribution is -2.42. The molecule has 1 atom stereocenters. The lowest BCUT2D eigenvalue weighted by atomic mass is 10.2. The summed E-state index contributed by atoms with van der Waals surface area (Å²) < 4.78 is 0. The number of hydrogen-bond donors (Lipinski definition) is 2. The van der Waals surface area contributed by atoms with Crippen molar-refractivity contribution in [3.63, 3.8) is 0 Å². The number of carbonyl (C=O) groups excluding carboxylic acids is 1. The molecule has 2 N–H and O–H groups in total. The van der Waals surface area contributed by atoms with Crippen LogP contribution in [0.25, 0.3) is 0 Å². The van der Waals surface area contributed by atoms with Gasteiger partial charge in [0.2, 0.25) is 0 Å². The highest BCUT2D eigenvalue weighted by molar-refractivity contribution is 7.09. The van der Waals surface area contributed by atoms with Gasteiger partial charge in [0.05, 0.1) is 23.4 Å². The van der Waals surface area contributed by atoms with Crippen LogP contribution in [0.1, 0.15) is 29.2 Å². The zero-order valence-electron chi connectivity index (χ0n) is 12.8. The smallest absolute Gasteiger partial charge is 0.318 e. The molecule has 0 aliphatic heterocycles. The Bertz CT molecular complexity index is 600. The van der Waals surface area contributed by atoms with Crippen LogP contribution in [-0.2, 0) is 6.54 Å². The van der Waals surface area contributed by atoms with Crippen LogP contribution in [0.4, 0.5) is 4.79 Å². The van der Waals surface area contributed by atoms with Crippen molar-refractivity contribution in [1.29, 1.82) is 0 Å². The van der Waals surface area contributed by atoms with Gasteiger partial charge >= 0.3 is 6.03 Å². The van der Waals surface area contributed by atoms with Gasteiger partial charge in [-0.15, -0.1) is 11.3 Å². The maximum Gasteiger partial charge on any atom is 0.318 e. The second-order valence-corrected chi connectivity index (χ2v) is 6.16. The number of aryl methyl sites for hydroxylation is 1. The van der Waals surface area contributed by atoms with Crippen molar-refractivity contribution in [2.75, 3.05) is 13.2 Å². The average molecular weight is 319 g/mol. The van der Waals surface area contributed by atoms with E-state index in [0.29, 0.717) is 13.1 Å². The van der Waals surface area contributed by atoms with Gasteiger partial charge in [-0.25, -0.2) is 9.78 Å². The number of nitrogens with one attached hydrogen (secondary N) is 1. The highest BCUT2D eigenvalue weighted by Gasteiger charge is 2.17. The molecule has 1 aromatic heterocycles. The second kappa shape index (κ2) is 7.91. The summed E-state index contributed by atoms with van der Waals surface area (Å²) in [6, 6.07) is 9.38. The van der Waals surface area contributed by atoms with E-state index in [0.717, 1.165) is 16.3 Å². The van der Waals surface area contributed by atoms with Crippen LogP contribution in [0.2, 0.25) is 0 Å². The summed E-state index contributed by atoms with van der Waals surface area (Å²) >= 11 is 1.57. The van der Waals surface area contributed by atoms with E-state index in [2.05, 4.69) is 10.3 Å². The topological polar surface area (TPSA) is 65.5 Å². The highest BCUT2D eigenvalue weighted by Crippen LogP contribution is 2.16. The lowest BCUT2D eigenvalue weighted by Gasteiger charge is -2.24. The number of aliphatic hydroxyl groups is 1. The van der Waals surface area contributed by atoms with Gasteiger partial charge in [0.1, 0.15) is 0 Å². The van der Waals surface area contributed by atoms with Crippen molar-refractivity contribution >= 4 is 17.4 Å². The number of carbonyl (C=O) groups is 1. The normalized spacial score (nSPS) is 12.0. The summed E-state index contributed by atoms with van der Waals surface area (Å²) in [7, 11) is 0. The highest BCUT2D eigenvalue weighted by atomic mass is 32.1. The molecule has 2 rings (SSSR count). The van der Waals surface area contributed by atoms with Gasteiger partial charge in [-0.2, -0.15) is 0 Å². The number of nitrogens with zero attached hydrogens (tertiary/aromatic N) is 2. The maximum absolute atomic E-state index is 12.4. The minimum absolute atomic E-state index is 0.0650. The standard InChI is InChI=1S/C16H21N3O2S/c1-12(15-11-22-13(2)18-15)17-16(21)19(8-9-20)10-14-6-4-3-5-7-14/h3-7,11-12,20H,8-10H2,1-2H3,(H,17,21)/t12-/m0/s1. The van der Waals surface area contributed by atoms with Crippen LogP contribution in [0, 0.1) is 6.92 Å². The molecule has 0 unspecified atom stereocenters. The molecular weight excluding hydrogens is 298 g/mol. The Morgan fingerprint density at radius 2 is 2.14 bits per heavy atom. The number of benzene rings is 1. The van der Waals surface area contributed by atoms with Gasteiger partial charge in [0, 0.05) is 18.5 Å². The predicted octanol–water partition coefficient (Wildman–Crippen LogP) is 2.72. The Morgan fingerprint density at radius 3 is 2.73 bits per heavy atom. The molecular formula is C16H21N3O2S. The fourth-order valence-electron chi connectivity index (χ4n) is 2.11. The van der Waals surface area contributed by atoms with Crippen molar-refractivity contribution in [3.05, 3.63) is 52.0 Å². The molecule has 1 heterocycles. The number of thiazole rings is 1. The first-order valence-electron chi connectivity index (χ1n) is 7.22. The Hall–Kier alpha value is -1.92. The molecule has 2 aromatic rings. The molecule has 118 valence electrons. The maximum atomic E-state index is 12.4. The first-order chi connectivity index (χ1) is 10.6. The molecule has 0 bridgehead atoms. The Labute approximate surface area is 134 Å². The fraction of sp³-hybridized carbons (Fsp3) is 0.375. The van der Waals surface area contributed by atoms with Crippen LogP contribution >= 0.6 is 11.3 Å². The van der Waals surface area contributed by atoms with E-state index in [1.165, 1.54) is 0 Å². The number of hydrogen-bond acceptors (Lipinski definition) is 4. The fourth-order valence-corrected chi connectivity index (χ4v) is 2.81. The largest absolute Gasteiger partial charge is 0.395 e. The lowest BCUT2D eigenvalue weighted by molar-refractivity contribution is 0.171. The molecule has 0 fully saturated rings. The summed E-state index contributed by atoms with van der Waals surface area (Å²) in [4.78, 5) is 18.4. The summed E-state index contributed by atoms with van der Waals surface area (Å²) in [5.74, 6) is 0. The van der Waals surface area contributed by atoms with Crippen molar-refractivity contribution in [2.24, 2.45) is 0 Å². The Morgan fingerprint density at radius 1 is 1.41 bits per heavy atom. The van der Waals surface area contributed by atoms with E-state index in [1.54, 1.807) is 16.2 Å². The van der Waals surface area contributed by atoms with Crippen LogP contribution in [0.15, 0.2) is 35.7 Å². The van der Waals surface area contributed by atoms with Crippen LogP contribution in [0.5, 0.6) is 0 Å². The summed E-state index contributed by atoms with van der Waals surface area (Å²) in [6.45, 7) is 4.55. The molecule has 22 heavy (non-hydrogen) atoms. The van der Waals surface area contributed by atoms with Crippen molar-refractivity contribution in [1.82, 2.24) is 15.2 Å². The molecule has 0 aliphatic carbocycles. The first kappa shape index (κ1) is 16.5. The van der Waals surface area contributed by atoms with E-state index >= 15 is 0 Å². The summed E-state index contributed by atoms with van der Waals surface area (Å²) in [6.07, 6.45) is 0. The summed E-state index contributed by atoms with van der Waals surface area (Å²) in [5.41, 5.74) is 1.89. The Kier molecular flexibility index (Phi) is 5.91. The quantitative estimate of drug-likeness (QED) is 0.860. The van der Waals surface area contributed by atoms with E-state index in [9.17, 15) is 9.90 Å². The van der Waals surface area contributed by atoms with Gasteiger partial charge in [-0.1, -0.05) is 30.3 Å². The van der Waals surface area contributed by atoms with E-state index in [-0.39, 0.29) is 18.7 Å². The van der Waals surface area contributed by atoms with Gasteiger partial charge in [0.25, 0.3) is 0 Å².